The van der Waals surface area contributed by atoms with Crippen molar-refractivity contribution in [1.82, 2.24) is 4.98 Å². The second-order valence-corrected chi connectivity index (χ2v) is 9.18. The summed E-state index contributed by atoms with van der Waals surface area (Å²) in [5, 5.41) is 4.89. The van der Waals surface area contributed by atoms with Gasteiger partial charge in [-0.05, 0) is 87.2 Å². The summed E-state index contributed by atoms with van der Waals surface area (Å²) in [5.74, 6) is 0.394. The van der Waals surface area contributed by atoms with E-state index in [0.29, 0.717) is 17.1 Å². The molecule has 0 aliphatic rings. The molecule has 0 aliphatic heterocycles. The van der Waals surface area contributed by atoms with Crippen LogP contribution >= 0.6 is 31.9 Å². The molecule has 1 aromatic heterocycles. The highest BCUT2D eigenvalue weighted by Gasteiger charge is 2.14. The van der Waals surface area contributed by atoms with Crippen molar-refractivity contribution >= 4 is 65.3 Å². The number of nitrogens with one attached hydrogen (secondary N) is 1. The van der Waals surface area contributed by atoms with E-state index in [9.17, 15) is 4.79 Å². The van der Waals surface area contributed by atoms with Gasteiger partial charge in [0.25, 0.3) is 5.91 Å². The number of hydrogen-bond donors (Lipinski definition) is 1. The van der Waals surface area contributed by atoms with Crippen LogP contribution in [0, 0.1) is 0 Å². The molecule has 0 bridgehead atoms. The Labute approximate surface area is 201 Å². The van der Waals surface area contributed by atoms with Crippen LogP contribution in [0.1, 0.15) is 22.8 Å². The van der Waals surface area contributed by atoms with Gasteiger partial charge in [-0.15, -0.1) is 0 Å². The maximum Gasteiger partial charge on any atom is 0.256 e. The summed E-state index contributed by atoms with van der Waals surface area (Å²) in [6, 6.07) is 23.2. The van der Waals surface area contributed by atoms with Crippen molar-refractivity contribution in [3.8, 4) is 11.5 Å². The third kappa shape index (κ3) is 3.85. The predicted molar refractivity (Wildman–Crippen MR) is 136 cm³/mol. The van der Waals surface area contributed by atoms with Gasteiger partial charge in [-0.25, -0.2) is 4.98 Å². The molecule has 6 heteroatoms. The number of anilines is 1. The van der Waals surface area contributed by atoms with E-state index in [0.717, 1.165) is 42.8 Å². The highest BCUT2D eigenvalue weighted by atomic mass is 79.9. The zero-order valence-corrected chi connectivity index (χ0v) is 20.3. The normalized spacial score (nSPS) is 11.2. The molecule has 0 fully saturated rings. The molecule has 5 aromatic rings. The van der Waals surface area contributed by atoms with Gasteiger partial charge in [0.05, 0.1) is 4.47 Å². The molecule has 1 amide bonds. The van der Waals surface area contributed by atoms with E-state index >= 15 is 0 Å². The number of halogens is 2. The van der Waals surface area contributed by atoms with Crippen LogP contribution in [0.25, 0.3) is 33.3 Å². The Morgan fingerprint density at radius 3 is 2.47 bits per heavy atom. The number of nitrogens with zero attached hydrogens (tertiary/aromatic N) is 1. The number of rotatable bonds is 4. The van der Waals surface area contributed by atoms with Crippen LogP contribution in [-0.2, 0) is 6.42 Å². The summed E-state index contributed by atoms with van der Waals surface area (Å²) < 4.78 is 7.85. The van der Waals surface area contributed by atoms with E-state index in [1.165, 1.54) is 5.56 Å². The largest absolute Gasteiger partial charge is 0.435 e. The van der Waals surface area contributed by atoms with E-state index in [4.69, 9.17) is 4.42 Å². The van der Waals surface area contributed by atoms with Crippen LogP contribution in [0.15, 0.2) is 86.2 Å². The number of fused-ring (bicyclic) bond motifs is 2. The van der Waals surface area contributed by atoms with Crippen molar-refractivity contribution in [2.24, 2.45) is 0 Å². The van der Waals surface area contributed by atoms with Gasteiger partial charge >= 0.3 is 0 Å². The number of oxazole rings is 1. The minimum absolute atomic E-state index is 0.153. The highest BCUT2D eigenvalue weighted by Crippen LogP contribution is 2.32. The molecule has 0 saturated heterocycles. The number of aromatic nitrogens is 1. The van der Waals surface area contributed by atoms with Crippen LogP contribution in [0.2, 0.25) is 0 Å². The fourth-order valence-electron chi connectivity index (χ4n) is 3.74. The number of carbonyl (C=O) groups is 1. The van der Waals surface area contributed by atoms with Gasteiger partial charge in [-0.1, -0.05) is 47.1 Å². The molecular formula is C26H18Br2N2O2. The van der Waals surface area contributed by atoms with Crippen LogP contribution in [0.3, 0.4) is 0 Å². The Bertz CT molecular complexity index is 1470. The quantitative estimate of drug-likeness (QED) is 0.247. The Morgan fingerprint density at radius 1 is 0.938 bits per heavy atom. The van der Waals surface area contributed by atoms with Gasteiger partial charge in [-0.3, -0.25) is 4.79 Å². The van der Waals surface area contributed by atoms with E-state index in [1.54, 1.807) is 0 Å². The Kier molecular flexibility index (Phi) is 5.57. The molecule has 0 atom stereocenters. The minimum Gasteiger partial charge on any atom is -0.435 e. The highest BCUT2D eigenvalue weighted by molar-refractivity contribution is 9.11. The number of benzene rings is 4. The average Bonchev–Trinajstić information content (AvgIpc) is 3.24. The Hall–Kier alpha value is -2.96. The SMILES string of the molecule is CCc1cc(Br)c2oc(-c3ccc(NC(=O)c4cccc5c(Br)cccc45)cc3)nc2c1. The Morgan fingerprint density at radius 2 is 1.69 bits per heavy atom. The van der Waals surface area contributed by atoms with Gasteiger partial charge in [0, 0.05) is 21.3 Å². The molecule has 4 aromatic carbocycles. The lowest BCUT2D eigenvalue weighted by Gasteiger charge is -2.09. The molecule has 5 rings (SSSR count). The van der Waals surface area contributed by atoms with Crippen molar-refractivity contribution < 1.29 is 9.21 Å². The lowest BCUT2D eigenvalue weighted by molar-refractivity contribution is 0.102. The standard InChI is InChI=1S/C26H18Br2N2O2/c1-2-15-13-22(28)24-23(14-15)30-26(32-24)16-9-11-17(12-10-16)29-25(31)20-7-3-6-19-18(20)5-4-8-21(19)27/h3-14H,2H2,1H3,(H,29,31). The van der Waals surface area contributed by atoms with Crippen LogP contribution in [0.4, 0.5) is 5.69 Å². The molecule has 0 saturated carbocycles. The lowest BCUT2D eigenvalue weighted by atomic mass is 10.0. The van der Waals surface area contributed by atoms with Crippen molar-refractivity contribution in [1.29, 1.82) is 0 Å². The van der Waals surface area contributed by atoms with E-state index in [2.05, 4.69) is 55.2 Å². The zero-order chi connectivity index (χ0) is 22.2. The van der Waals surface area contributed by atoms with Gasteiger partial charge in [0.15, 0.2) is 5.58 Å². The first kappa shape index (κ1) is 20.9. The summed E-state index contributed by atoms with van der Waals surface area (Å²) in [6.07, 6.45) is 0.929. The monoisotopic (exact) mass is 548 g/mol. The first-order valence-electron chi connectivity index (χ1n) is 10.2. The maximum absolute atomic E-state index is 12.9. The third-order valence-electron chi connectivity index (χ3n) is 5.42. The lowest BCUT2D eigenvalue weighted by Crippen LogP contribution is -2.12. The zero-order valence-electron chi connectivity index (χ0n) is 17.2. The van der Waals surface area contributed by atoms with Gasteiger partial charge in [0.2, 0.25) is 5.89 Å². The fourth-order valence-corrected chi connectivity index (χ4v) is 4.81. The van der Waals surface area contributed by atoms with Gasteiger partial charge in [-0.2, -0.15) is 0 Å². The molecule has 1 N–H and O–H groups in total. The van der Waals surface area contributed by atoms with Crippen molar-refractivity contribution in [2.75, 3.05) is 5.32 Å². The first-order valence-corrected chi connectivity index (χ1v) is 11.8. The molecule has 0 radical (unpaired) electrons. The van der Waals surface area contributed by atoms with Crippen LogP contribution in [0.5, 0.6) is 0 Å². The molecule has 0 unspecified atom stereocenters. The number of carbonyl (C=O) groups excluding carboxylic acids is 1. The van der Waals surface area contributed by atoms with E-state index in [-0.39, 0.29) is 5.91 Å². The second kappa shape index (κ2) is 8.52. The van der Waals surface area contributed by atoms with E-state index < -0.39 is 0 Å². The van der Waals surface area contributed by atoms with Crippen LogP contribution in [-0.4, -0.2) is 10.9 Å². The van der Waals surface area contributed by atoms with Crippen molar-refractivity contribution in [2.45, 2.75) is 13.3 Å². The number of amides is 1. The summed E-state index contributed by atoms with van der Waals surface area (Å²) >= 11 is 7.13. The predicted octanol–water partition coefficient (Wildman–Crippen LogP) is 7.99. The summed E-state index contributed by atoms with van der Waals surface area (Å²) in [6.45, 7) is 2.11. The second-order valence-electron chi connectivity index (χ2n) is 7.47. The Balaban J connectivity index is 1.41. The maximum atomic E-state index is 12.9. The number of aryl methyl sites for hydroxylation is 1. The van der Waals surface area contributed by atoms with Crippen molar-refractivity contribution in [3.63, 3.8) is 0 Å². The molecule has 0 spiro atoms. The molecule has 1 heterocycles. The van der Waals surface area contributed by atoms with E-state index in [1.807, 2.05) is 66.7 Å². The summed E-state index contributed by atoms with van der Waals surface area (Å²) in [5.41, 5.74) is 4.93. The molecule has 4 nitrogen and oxygen atoms in total. The summed E-state index contributed by atoms with van der Waals surface area (Å²) in [4.78, 5) is 17.6. The minimum atomic E-state index is -0.153. The average molecular weight is 550 g/mol. The van der Waals surface area contributed by atoms with Crippen LogP contribution < -0.4 is 5.32 Å². The van der Waals surface area contributed by atoms with Gasteiger partial charge in [0.1, 0.15) is 5.52 Å². The molecule has 0 aliphatic carbocycles. The molecule has 158 valence electrons. The summed E-state index contributed by atoms with van der Waals surface area (Å²) in [7, 11) is 0. The topological polar surface area (TPSA) is 55.1 Å². The number of hydrogen-bond acceptors (Lipinski definition) is 3. The van der Waals surface area contributed by atoms with Crippen molar-refractivity contribution in [3.05, 3.63) is 92.9 Å². The molecular weight excluding hydrogens is 532 g/mol. The first-order chi connectivity index (χ1) is 15.5. The van der Waals surface area contributed by atoms with Gasteiger partial charge < -0.3 is 9.73 Å². The fraction of sp³-hybridized carbons (Fsp3) is 0.0769. The smallest absolute Gasteiger partial charge is 0.256 e. The molecule has 32 heavy (non-hydrogen) atoms. The third-order valence-corrected chi connectivity index (χ3v) is 6.70.